The molecule has 1 aromatic rings. The number of hydrogen-bond acceptors (Lipinski definition) is 5. The summed E-state index contributed by atoms with van der Waals surface area (Å²) in [6.07, 6.45) is 1.87. The summed E-state index contributed by atoms with van der Waals surface area (Å²) in [7, 11) is -0.144. The van der Waals surface area contributed by atoms with Crippen LogP contribution in [0, 0.1) is 0 Å². The fourth-order valence-corrected chi connectivity index (χ4v) is 3.94. The molecule has 24 heavy (non-hydrogen) atoms. The number of carbonyl (C=O) groups excluding carboxylic acids is 1. The number of anilines is 1. The molecule has 0 bridgehead atoms. The van der Waals surface area contributed by atoms with Crippen molar-refractivity contribution in [1.29, 1.82) is 0 Å². The van der Waals surface area contributed by atoms with Gasteiger partial charge in [0.15, 0.2) is 0 Å². The lowest BCUT2D eigenvalue weighted by Crippen LogP contribution is -2.43. The molecule has 1 aliphatic heterocycles. The maximum atomic E-state index is 12.6. The van der Waals surface area contributed by atoms with Gasteiger partial charge in [-0.2, -0.15) is 0 Å². The lowest BCUT2D eigenvalue weighted by molar-refractivity contribution is -0.115. The summed E-state index contributed by atoms with van der Waals surface area (Å²) in [5.41, 5.74) is 0.357. The lowest BCUT2D eigenvalue weighted by atomic mass is 10.1. The number of methoxy groups -OCH3 is 1. The van der Waals surface area contributed by atoms with Crippen LogP contribution in [-0.2, 0) is 14.8 Å². The number of piperidine rings is 1. The Morgan fingerprint density at radius 1 is 1.33 bits per heavy atom. The van der Waals surface area contributed by atoms with Crippen LogP contribution in [0.5, 0.6) is 5.75 Å². The van der Waals surface area contributed by atoms with Crippen LogP contribution >= 0.6 is 0 Å². The Morgan fingerprint density at radius 3 is 2.58 bits per heavy atom. The van der Waals surface area contributed by atoms with Crippen LogP contribution in [0.2, 0.25) is 0 Å². The monoisotopic (exact) mass is 355 g/mol. The first-order valence-corrected chi connectivity index (χ1v) is 9.52. The highest BCUT2D eigenvalue weighted by atomic mass is 32.2. The highest BCUT2D eigenvalue weighted by Crippen LogP contribution is 2.28. The first-order chi connectivity index (χ1) is 11.4. The van der Waals surface area contributed by atoms with Gasteiger partial charge in [0.1, 0.15) is 5.75 Å². The molecule has 0 unspecified atom stereocenters. The first-order valence-electron chi connectivity index (χ1n) is 8.04. The number of nitrogens with one attached hydrogen (secondary N) is 2. The maximum Gasteiger partial charge on any atom is 0.240 e. The quantitative estimate of drug-likeness (QED) is 0.806. The fourth-order valence-electron chi connectivity index (χ4n) is 2.60. The molecule has 2 N–H and O–H groups in total. The summed E-state index contributed by atoms with van der Waals surface area (Å²) in [6, 6.07) is 4.40. The number of ether oxygens (including phenoxy) is 1. The number of nitrogens with zero attached hydrogens (tertiary/aromatic N) is 1. The van der Waals surface area contributed by atoms with E-state index in [1.165, 1.54) is 19.2 Å². The molecule has 2 rings (SSSR count). The predicted octanol–water partition coefficient (Wildman–Crippen LogP) is 1.42. The largest absolute Gasteiger partial charge is 0.495 e. The summed E-state index contributed by atoms with van der Waals surface area (Å²) < 4.78 is 33.2. The van der Waals surface area contributed by atoms with E-state index < -0.39 is 10.0 Å². The Hall–Kier alpha value is -1.64. The molecule has 0 atom stereocenters. The number of sulfonamides is 1. The molecule has 1 fully saturated rings. The Balaban J connectivity index is 2.20. The summed E-state index contributed by atoms with van der Waals surface area (Å²) in [6.45, 7) is 3.46. The van der Waals surface area contributed by atoms with E-state index in [4.69, 9.17) is 4.74 Å². The van der Waals surface area contributed by atoms with E-state index in [1.54, 1.807) is 13.0 Å². The number of likely N-dealkylation sites (tertiary alicyclic amines) is 1. The van der Waals surface area contributed by atoms with Crippen LogP contribution < -0.4 is 14.8 Å². The molecule has 1 saturated heterocycles. The highest BCUT2D eigenvalue weighted by Gasteiger charge is 2.24. The van der Waals surface area contributed by atoms with E-state index in [-0.39, 0.29) is 16.8 Å². The van der Waals surface area contributed by atoms with E-state index in [0.717, 1.165) is 25.9 Å². The fraction of sp³-hybridized carbons (Fsp3) is 0.562. The van der Waals surface area contributed by atoms with Crippen LogP contribution in [0.25, 0.3) is 0 Å². The minimum Gasteiger partial charge on any atom is -0.495 e. The number of rotatable bonds is 6. The topological polar surface area (TPSA) is 87.7 Å². The smallest absolute Gasteiger partial charge is 0.240 e. The third-order valence-corrected chi connectivity index (χ3v) is 5.63. The minimum atomic E-state index is -3.64. The molecule has 0 saturated carbocycles. The average molecular weight is 355 g/mol. The van der Waals surface area contributed by atoms with Crippen LogP contribution in [-0.4, -0.2) is 52.5 Å². The van der Waals surface area contributed by atoms with Crippen LogP contribution in [0.3, 0.4) is 0 Å². The van der Waals surface area contributed by atoms with Gasteiger partial charge in [0.25, 0.3) is 0 Å². The Kier molecular flexibility index (Phi) is 6.20. The summed E-state index contributed by atoms with van der Waals surface area (Å²) >= 11 is 0. The normalized spacial score (nSPS) is 16.8. The van der Waals surface area contributed by atoms with Crippen LogP contribution in [0.15, 0.2) is 23.1 Å². The molecule has 1 heterocycles. The van der Waals surface area contributed by atoms with Crippen molar-refractivity contribution >= 4 is 21.6 Å². The predicted molar refractivity (Wildman–Crippen MR) is 92.8 cm³/mol. The molecule has 7 nitrogen and oxygen atoms in total. The molecule has 0 spiro atoms. The van der Waals surface area contributed by atoms with Crippen molar-refractivity contribution in [2.45, 2.75) is 37.1 Å². The van der Waals surface area contributed by atoms with Crippen molar-refractivity contribution in [3.8, 4) is 5.75 Å². The Labute approximate surface area is 143 Å². The summed E-state index contributed by atoms with van der Waals surface area (Å²) in [5.74, 6) is 0.223. The van der Waals surface area contributed by atoms with E-state index in [0.29, 0.717) is 17.9 Å². The van der Waals surface area contributed by atoms with Gasteiger partial charge in [-0.3, -0.25) is 4.79 Å². The number of amides is 1. The first kappa shape index (κ1) is 18.7. The van der Waals surface area contributed by atoms with Gasteiger partial charge in [0.2, 0.25) is 15.9 Å². The molecular weight excluding hydrogens is 330 g/mol. The van der Waals surface area contributed by atoms with Crippen molar-refractivity contribution in [3.63, 3.8) is 0 Å². The van der Waals surface area contributed by atoms with Crippen LogP contribution in [0.1, 0.15) is 26.2 Å². The summed E-state index contributed by atoms with van der Waals surface area (Å²) in [5, 5.41) is 2.67. The van der Waals surface area contributed by atoms with Gasteiger partial charge in [-0.05, 0) is 51.2 Å². The van der Waals surface area contributed by atoms with Gasteiger partial charge in [-0.1, -0.05) is 6.92 Å². The molecule has 0 aromatic heterocycles. The van der Waals surface area contributed by atoms with Gasteiger partial charge in [0, 0.05) is 12.5 Å². The molecule has 8 heteroatoms. The van der Waals surface area contributed by atoms with E-state index in [1.807, 2.05) is 7.05 Å². The zero-order valence-corrected chi connectivity index (χ0v) is 15.1. The molecular formula is C16H25N3O4S. The second kappa shape index (κ2) is 7.96. The van der Waals surface area contributed by atoms with Crippen LogP contribution in [0.4, 0.5) is 5.69 Å². The van der Waals surface area contributed by atoms with Gasteiger partial charge >= 0.3 is 0 Å². The zero-order valence-electron chi connectivity index (χ0n) is 14.3. The van der Waals surface area contributed by atoms with Crippen molar-refractivity contribution in [1.82, 2.24) is 9.62 Å². The molecule has 0 radical (unpaired) electrons. The molecule has 0 aliphatic carbocycles. The highest BCUT2D eigenvalue weighted by molar-refractivity contribution is 7.89. The van der Waals surface area contributed by atoms with Gasteiger partial charge in [-0.25, -0.2) is 13.1 Å². The van der Waals surface area contributed by atoms with Gasteiger partial charge in [0.05, 0.1) is 17.7 Å². The van der Waals surface area contributed by atoms with E-state index in [2.05, 4.69) is 14.9 Å². The SMILES string of the molecule is CCC(=O)Nc1cc(S(=O)(=O)NC2CCN(C)CC2)ccc1OC. The van der Waals surface area contributed by atoms with Crippen molar-refractivity contribution in [2.75, 3.05) is 32.6 Å². The van der Waals surface area contributed by atoms with E-state index >= 15 is 0 Å². The number of hydrogen-bond donors (Lipinski definition) is 2. The second-order valence-corrected chi connectivity index (χ2v) is 7.68. The van der Waals surface area contributed by atoms with Gasteiger partial charge < -0.3 is 15.0 Å². The van der Waals surface area contributed by atoms with Crippen molar-refractivity contribution in [2.24, 2.45) is 0 Å². The standard InChI is InChI=1S/C16H25N3O4S/c1-4-16(20)17-14-11-13(5-6-15(14)23-3)24(21,22)18-12-7-9-19(2)10-8-12/h5-6,11-12,18H,4,7-10H2,1-3H3,(H,17,20). The molecule has 1 amide bonds. The Bertz CT molecular complexity index is 683. The summed E-state index contributed by atoms with van der Waals surface area (Å²) in [4.78, 5) is 13.9. The maximum absolute atomic E-state index is 12.6. The second-order valence-electron chi connectivity index (χ2n) is 5.96. The lowest BCUT2D eigenvalue weighted by Gasteiger charge is -2.29. The van der Waals surface area contributed by atoms with Crippen molar-refractivity contribution in [3.05, 3.63) is 18.2 Å². The molecule has 1 aromatic carbocycles. The average Bonchev–Trinajstić information content (AvgIpc) is 2.56. The minimum absolute atomic E-state index is 0.0676. The number of carbonyl (C=O) groups is 1. The molecule has 134 valence electrons. The third kappa shape index (κ3) is 4.68. The van der Waals surface area contributed by atoms with Gasteiger partial charge in [-0.15, -0.1) is 0 Å². The number of benzene rings is 1. The van der Waals surface area contributed by atoms with Crippen molar-refractivity contribution < 1.29 is 17.9 Å². The molecule has 1 aliphatic rings. The van der Waals surface area contributed by atoms with E-state index in [9.17, 15) is 13.2 Å². The zero-order chi connectivity index (χ0) is 17.7. The third-order valence-electron chi connectivity index (χ3n) is 4.12. The Morgan fingerprint density at radius 2 is 2.00 bits per heavy atom.